The summed E-state index contributed by atoms with van der Waals surface area (Å²) in [5.41, 5.74) is 1.65. The van der Waals surface area contributed by atoms with Gasteiger partial charge in [-0.1, -0.05) is 30.0 Å². The Kier molecular flexibility index (Phi) is 6.71. The molecule has 2 aliphatic heterocycles. The van der Waals surface area contributed by atoms with E-state index in [-0.39, 0.29) is 11.5 Å². The van der Waals surface area contributed by atoms with E-state index in [1.165, 1.54) is 21.1 Å². The van der Waals surface area contributed by atoms with Gasteiger partial charge in [0.1, 0.15) is 15.8 Å². The second-order valence-corrected chi connectivity index (χ2v) is 9.21. The molecule has 0 aliphatic carbocycles. The van der Waals surface area contributed by atoms with E-state index < -0.39 is 0 Å². The monoisotopic (exact) mass is 459 g/mol. The minimum absolute atomic E-state index is 0.206. The summed E-state index contributed by atoms with van der Waals surface area (Å²) in [5.74, 6) is 0.282. The molecule has 0 atom stereocenters. The number of nitrogens with one attached hydrogen (secondary N) is 1. The van der Waals surface area contributed by atoms with E-state index in [1.807, 2.05) is 19.1 Å². The first-order chi connectivity index (χ1) is 15.0. The van der Waals surface area contributed by atoms with Crippen LogP contribution in [0.1, 0.15) is 17.5 Å². The van der Waals surface area contributed by atoms with Gasteiger partial charge in [0.25, 0.3) is 11.5 Å². The molecule has 0 bridgehead atoms. The zero-order valence-electron chi connectivity index (χ0n) is 17.6. The Morgan fingerprint density at radius 2 is 2.10 bits per heavy atom. The topological polar surface area (TPSA) is 79.2 Å². The van der Waals surface area contributed by atoms with E-state index in [0.29, 0.717) is 32.8 Å². The Hall–Kier alpha value is -2.27. The first-order valence-electron chi connectivity index (χ1n) is 10.2. The van der Waals surface area contributed by atoms with Crippen molar-refractivity contribution < 1.29 is 9.53 Å². The first kappa shape index (κ1) is 21.9. The third-order valence-corrected chi connectivity index (χ3v) is 6.88. The summed E-state index contributed by atoms with van der Waals surface area (Å²) in [6.45, 7) is 6.97. The van der Waals surface area contributed by atoms with Crippen molar-refractivity contribution in [3.63, 3.8) is 0 Å². The summed E-state index contributed by atoms with van der Waals surface area (Å²) >= 11 is 6.42. The van der Waals surface area contributed by atoms with Crippen LogP contribution in [0.5, 0.6) is 0 Å². The number of rotatable bonds is 6. The number of hydrogen-bond acceptors (Lipinski definition) is 8. The van der Waals surface area contributed by atoms with Crippen LogP contribution in [0.15, 0.2) is 28.0 Å². The number of ether oxygens (including phenoxy) is 1. The fraction of sp³-hybridized carbons (Fsp3) is 0.429. The number of carbonyl (C=O) groups is 1. The lowest BCUT2D eigenvalue weighted by atomic mass is 10.2. The van der Waals surface area contributed by atoms with E-state index in [0.717, 1.165) is 44.8 Å². The highest BCUT2D eigenvalue weighted by molar-refractivity contribution is 8.26. The highest BCUT2D eigenvalue weighted by Gasteiger charge is 2.29. The number of pyridine rings is 1. The van der Waals surface area contributed by atoms with Crippen LogP contribution in [-0.4, -0.2) is 75.9 Å². The van der Waals surface area contributed by atoms with Crippen LogP contribution in [-0.2, 0) is 9.53 Å². The van der Waals surface area contributed by atoms with Gasteiger partial charge < -0.3 is 10.1 Å². The van der Waals surface area contributed by atoms with Gasteiger partial charge in [-0.15, -0.1) is 0 Å². The number of thioether (sulfide) groups is 1. The number of hydrogen-bond donors (Lipinski definition) is 1. The first-order valence-corrected chi connectivity index (χ1v) is 11.5. The molecule has 10 heteroatoms. The van der Waals surface area contributed by atoms with Crippen molar-refractivity contribution in [2.45, 2.75) is 13.3 Å². The molecule has 164 valence electrons. The van der Waals surface area contributed by atoms with E-state index in [4.69, 9.17) is 21.9 Å². The number of carbonyl (C=O) groups excluding carboxylic acids is 1. The maximum Gasteiger partial charge on any atom is 0.267 e. The summed E-state index contributed by atoms with van der Waals surface area (Å²) in [6.07, 6.45) is 4.21. The molecular weight excluding hydrogens is 434 g/mol. The van der Waals surface area contributed by atoms with Crippen LogP contribution >= 0.6 is 24.0 Å². The highest BCUT2D eigenvalue weighted by atomic mass is 32.2. The molecule has 8 nitrogen and oxygen atoms in total. The van der Waals surface area contributed by atoms with Gasteiger partial charge in [-0.2, -0.15) is 0 Å². The molecule has 1 amide bonds. The quantitative estimate of drug-likeness (QED) is 0.399. The number of likely N-dealkylation sites (N-methyl/N-ethyl adjacent to an activating group) is 1. The van der Waals surface area contributed by atoms with Gasteiger partial charge in [-0.05, 0) is 37.6 Å². The predicted octanol–water partition coefficient (Wildman–Crippen LogP) is 1.97. The lowest BCUT2D eigenvalue weighted by molar-refractivity contribution is -0.121. The summed E-state index contributed by atoms with van der Waals surface area (Å²) < 4.78 is 7.38. The van der Waals surface area contributed by atoms with Gasteiger partial charge in [0.2, 0.25) is 0 Å². The molecule has 0 spiro atoms. The number of amides is 1. The molecule has 0 radical (unpaired) electrons. The molecule has 1 N–H and O–H groups in total. The average molecular weight is 460 g/mol. The molecule has 0 unspecified atom stereocenters. The Morgan fingerprint density at radius 3 is 2.81 bits per heavy atom. The molecule has 4 rings (SSSR count). The van der Waals surface area contributed by atoms with Gasteiger partial charge in [0.15, 0.2) is 0 Å². The summed E-state index contributed by atoms with van der Waals surface area (Å²) in [6, 6.07) is 3.74. The van der Waals surface area contributed by atoms with Crippen molar-refractivity contribution in [3.05, 3.63) is 44.7 Å². The van der Waals surface area contributed by atoms with Crippen molar-refractivity contribution in [1.29, 1.82) is 0 Å². The Morgan fingerprint density at radius 1 is 1.32 bits per heavy atom. The smallest absolute Gasteiger partial charge is 0.267 e. The third-order valence-electron chi connectivity index (χ3n) is 5.39. The maximum atomic E-state index is 13.3. The minimum atomic E-state index is -0.217. The van der Waals surface area contributed by atoms with Crippen LogP contribution in [0.3, 0.4) is 0 Å². The second-order valence-electron chi connectivity index (χ2n) is 7.54. The number of nitrogens with zero attached hydrogens (tertiary/aromatic N) is 4. The molecule has 0 saturated carbocycles. The average Bonchev–Trinajstić information content (AvgIpc) is 3.01. The molecule has 4 heterocycles. The van der Waals surface area contributed by atoms with Crippen molar-refractivity contribution in [1.82, 2.24) is 19.2 Å². The van der Waals surface area contributed by atoms with Gasteiger partial charge in [0, 0.05) is 32.9 Å². The van der Waals surface area contributed by atoms with E-state index in [1.54, 1.807) is 19.3 Å². The summed E-state index contributed by atoms with van der Waals surface area (Å²) in [5, 5.41) is 3.33. The normalized spacial score (nSPS) is 19.0. The van der Waals surface area contributed by atoms with E-state index in [9.17, 15) is 9.59 Å². The Bertz CT molecular complexity index is 1110. The zero-order valence-corrected chi connectivity index (χ0v) is 19.2. The fourth-order valence-corrected chi connectivity index (χ4v) is 4.75. The van der Waals surface area contributed by atoms with Crippen molar-refractivity contribution in [2.24, 2.45) is 0 Å². The standard InChI is InChI=1S/C21H25N5O3S2/c1-14-5-3-8-26-18(14)23-17(22-6-4-7-25-9-11-29-12-10-25)15(19(26)27)13-16-20(28)24(2)21(30)31-16/h3,5,8,13,22H,4,6-7,9-12H2,1-2H3. The molecule has 2 aromatic heterocycles. The van der Waals surface area contributed by atoms with Crippen LogP contribution in [0, 0.1) is 6.92 Å². The molecule has 2 fully saturated rings. The summed E-state index contributed by atoms with van der Waals surface area (Å²) in [4.78, 5) is 34.7. The largest absolute Gasteiger partial charge is 0.379 e. The number of aromatic nitrogens is 2. The van der Waals surface area contributed by atoms with Crippen LogP contribution in [0.25, 0.3) is 11.7 Å². The van der Waals surface area contributed by atoms with Crippen molar-refractivity contribution in [2.75, 3.05) is 51.8 Å². The van der Waals surface area contributed by atoms with Gasteiger partial charge >= 0.3 is 0 Å². The number of fused-ring (bicyclic) bond motifs is 1. The summed E-state index contributed by atoms with van der Waals surface area (Å²) in [7, 11) is 1.64. The van der Waals surface area contributed by atoms with Crippen LogP contribution in [0.2, 0.25) is 0 Å². The lowest BCUT2D eigenvalue weighted by Gasteiger charge is -2.26. The highest BCUT2D eigenvalue weighted by Crippen LogP contribution is 2.31. The van der Waals surface area contributed by atoms with Gasteiger partial charge in [0.05, 0.1) is 23.7 Å². The maximum absolute atomic E-state index is 13.3. The van der Waals surface area contributed by atoms with Crippen molar-refractivity contribution >= 4 is 51.7 Å². The van der Waals surface area contributed by atoms with Crippen LogP contribution in [0.4, 0.5) is 5.82 Å². The second kappa shape index (κ2) is 9.47. The minimum Gasteiger partial charge on any atom is -0.379 e. The fourth-order valence-electron chi connectivity index (χ4n) is 3.59. The van der Waals surface area contributed by atoms with E-state index in [2.05, 4.69) is 10.2 Å². The molecule has 2 aromatic rings. The molecule has 31 heavy (non-hydrogen) atoms. The van der Waals surface area contributed by atoms with Crippen LogP contribution < -0.4 is 10.9 Å². The number of aryl methyl sites for hydroxylation is 1. The number of anilines is 1. The van der Waals surface area contributed by atoms with Crippen molar-refractivity contribution in [3.8, 4) is 0 Å². The van der Waals surface area contributed by atoms with Gasteiger partial charge in [-0.25, -0.2) is 4.98 Å². The third kappa shape index (κ3) is 4.67. The Balaban J connectivity index is 1.63. The molecular formula is C21H25N5O3S2. The number of morpholine rings is 1. The molecule has 0 aromatic carbocycles. The zero-order chi connectivity index (χ0) is 22.0. The van der Waals surface area contributed by atoms with Gasteiger partial charge in [-0.3, -0.25) is 23.8 Å². The molecule has 2 saturated heterocycles. The van der Waals surface area contributed by atoms with E-state index >= 15 is 0 Å². The molecule has 2 aliphatic rings. The predicted molar refractivity (Wildman–Crippen MR) is 128 cm³/mol. The number of thiocarbonyl (C=S) groups is 1. The SMILES string of the molecule is Cc1cccn2c(=O)c(C=C3SC(=S)N(C)C3=O)c(NCCCN3CCOCC3)nc12. The lowest BCUT2D eigenvalue weighted by Crippen LogP contribution is -2.37. The Labute approximate surface area is 190 Å².